The minimum Gasteiger partial charge on any atom is -0.490 e. The molecule has 6 nitrogen and oxygen atoms in total. The van der Waals surface area contributed by atoms with Crippen LogP contribution in [0.2, 0.25) is 0 Å². The molecule has 0 amide bonds. The van der Waals surface area contributed by atoms with Crippen molar-refractivity contribution < 1.29 is 28.5 Å². The number of halogens is 2. The molecule has 0 bridgehead atoms. The molecule has 4 rings (SSSR count). The summed E-state index contributed by atoms with van der Waals surface area (Å²) >= 11 is 0. The van der Waals surface area contributed by atoms with Crippen LogP contribution in [0.1, 0.15) is 18.4 Å². The van der Waals surface area contributed by atoms with Crippen LogP contribution in [0.4, 0.5) is 14.5 Å². The second-order valence-corrected chi connectivity index (χ2v) is 9.43. The molecule has 2 heterocycles. The van der Waals surface area contributed by atoms with Crippen LogP contribution in [-0.2, 0) is 4.74 Å². The fourth-order valence-electron chi connectivity index (χ4n) is 4.56. The minimum atomic E-state index is -1.36. The summed E-state index contributed by atoms with van der Waals surface area (Å²) < 4.78 is 37.9. The summed E-state index contributed by atoms with van der Waals surface area (Å²) in [7, 11) is 0. The normalized spacial score (nSPS) is 23.8. The van der Waals surface area contributed by atoms with Crippen molar-refractivity contribution >= 4 is 5.69 Å². The maximum absolute atomic E-state index is 13.4. The van der Waals surface area contributed by atoms with Gasteiger partial charge in [-0.25, -0.2) is 8.78 Å². The molecule has 1 atom stereocenters. The Labute approximate surface area is 193 Å². The third kappa shape index (κ3) is 6.41. The maximum Gasteiger partial charge on any atom is 0.134 e. The lowest BCUT2D eigenvalue weighted by Crippen LogP contribution is -2.55. The van der Waals surface area contributed by atoms with Crippen LogP contribution in [0, 0.1) is 18.6 Å². The van der Waals surface area contributed by atoms with E-state index in [0.717, 1.165) is 37.0 Å². The van der Waals surface area contributed by atoms with Gasteiger partial charge in [-0.3, -0.25) is 4.90 Å². The van der Waals surface area contributed by atoms with E-state index < -0.39 is 22.8 Å². The summed E-state index contributed by atoms with van der Waals surface area (Å²) in [5, 5.41) is 22.3. The van der Waals surface area contributed by atoms with E-state index in [1.165, 1.54) is 5.56 Å². The molecule has 2 aliphatic rings. The highest BCUT2D eigenvalue weighted by atomic mass is 19.1. The van der Waals surface area contributed by atoms with Gasteiger partial charge in [-0.2, -0.15) is 0 Å². The number of aliphatic hydroxyl groups is 2. The fraction of sp³-hybridized carbons (Fsp3) is 0.520. The highest BCUT2D eigenvalue weighted by molar-refractivity contribution is 5.48. The van der Waals surface area contributed by atoms with Crippen LogP contribution < -0.4 is 9.64 Å². The second kappa shape index (κ2) is 9.93. The Morgan fingerprint density at radius 3 is 2.30 bits per heavy atom. The Balaban J connectivity index is 1.34. The molecule has 0 radical (unpaired) electrons. The Hall–Kier alpha value is -2.26. The number of β-amino-alcohol motifs (C(OH)–C–C–N with tert-alkyl or cyclic N) is 2. The second-order valence-electron chi connectivity index (χ2n) is 9.43. The predicted molar refractivity (Wildman–Crippen MR) is 122 cm³/mol. The van der Waals surface area contributed by atoms with Crippen LogP contribution in [-0.4, -0.2) is 78.9 Å². The first-order valence-electron chi connectivity index (χ1n) is 11.4. The average molecular weight is 463 g/mol. The lowest BCUT2D eigenvalue weighted by atomic mass is 9.90. The van der Waals surface area contributed by atoms with Gasteiger partial charge in [0.15, 0.2) is 0 Å². The zero-order valence-corrected chi connectivity index (χ0v) is 19.0. The van der Waals surface area contributed by atoms with Crippen LogP contribution >= 0.6 is 0 Å². The number of benzene rings is 2. The zero-order chi connectivity index (χ0) is 23.5. The molecular weight excluding hydrogens is 430 g/mol. The van der Waals surface area contributed by atoms with Crippen molar-refractivity contribution in [2.24, 2.45) is 0 Å². The van der Waals surface area contributed by atoms with Gasteiger partial charge in [0.1, 0.15) is 29.6 Å². The highest BCUT2D eigenvalue weighted by Crippen LogP contribution is 2.28. The lowest BCUT2D eigenvalue weighted by Gasteiger charge is -2.42. The summed E-state index contributed by atoms with van der Waals surface area (Å²) in [5.74, 6) is -1.47. The van der Waals surface area contributed by atoms with E-state index in [9.17, 15) is 19.0 Å². The van der Waals surface area contributed by atoms with Crippen LogP contribution in [0.3, 0.4) is 0 Å². The van der Waals surface area contributed by atoms with Crippen LogP contribution in [0.5, 0.6) is 5.75 Å². The van der Waals surface area contributed by atoms with E-state index in [2.05, 4.69) is 36.1 Å². The van der Waals surface area contributed by atoms with Gasteiger partial charge in [-0.15, -0.1) is 0 Å². The van der Waals surface area contributed by atoms with Gasteiger partial charge in [0.05, 0.1) is 18.8 Å². The topological polar surface area (TPSA) is 65.4 Å². The fourth-order valence-corrected chi connectivity index (χ4v) is 4.56. The highest BCUT2D eigenvalue weighted by Gasteiger charge is 2.39. The monoisotopic (exact) mass is 462 g/mol. The van der Waals surface area contributed by atoms with E-state index in [1.807, 2.05) is 4.90 Å². The van der Waals surface area contributed by atoms with Gasteiger partial charge in [-0.05, 0) is 31.9 Å². The van der Waals surface area contributed by atoms with E-state index in [4.69, 9.17) is 9.47 Å². The van der Waals surface area contributed by atoms with Crippen molar-refractivity contribution in [2.75, 3.05) is 57.4 Å². The van der Waals surface area contributed by atoms with Crippen molar-refractivity contribution in [3.63, 3.8) is 0 Å². The van der Waals surface area contributed by atoms with Crippen molar-refractivity contribution in [3.8, 4) is 5.75 Å². The van der Waals surface area contributed by atoms with E-state index >= 15 is 0 Å². The van der Waals surface area contributed by atoms with Gasteiger partial charge in [0.2, 0.25) is 0 Å². The summed E-state index contributed by atoms with van der Waals surface area (Å²) in [6.45, 7) is 5.07. The van der Waals surface area contributed by atoms with Crippen molar-refractivity contribution in [1.29, 1.82) is 0 Å². The Kier molecular flexibility index (Phi) is 7.19. The molecule has 8 heteroatoms. The van der Waals surface area contributed by atoms with Crippen molar-refractivity contribution in [1.82, 2.24) is 4.90 Å². The maximum atomic E-state index is 13.4. The number of hydrogen-bond acceptors (Lipinski definition) is 6. The molecule has 33 heavy (non-hydrogen) atoms. The average Bonchev–Trinajstić information content (AvgIpc) is 2.94. The molecule has 0 unspecified atom stereocenters. The third-order valence-electron chi connectivity index (χ3n) is 6.40. The number of aryl methyl sites for hydroxylation is 1. The Bertz CT molecular complexity index is 914. The molecule has 2 saturated heterocycles. The van der Waals surface area contributed by atoms with Crippen LogP contribution in [0.25, 0.3) is 0 Å². The molecular formula is C25H32F2N2O4. The minimum absolute atomic E-state index is 0.0128. The number of nitrogens with zero attached hydrogens (tertiary/aromatic N) is 2. The van der Waals surface area contributed by atoms with Crippen LogP contribution in [0.15, 0.2) is 42.5 Å². The molecule has 2 aromatic carbocycles. The number of piperidine rings is 1. The zero-order valence-electron chi connectivity index (χ0n) is 19.0. The largest absolute Gasteiger partial charge is 0.490 e. The lowest BCUT2D eigenvalue weighted by molar-refractivity contribution is -0.0743. The Morgan fingerprint density at radius 2 is 1.64 bits per heavy atom. The number of ether oxygens (including phenoxy) is 2. The summed E-state index contributed by atoms with van der Waals surface area (Å²) in [6, 6.07) is 11.3. The molecule has 0 spiro atoms. The van der Waals surface area contributed by atoms with Gasteiger partial charge < -0.3 is 24.6 Å². The van der Waals surface area contributed by atoms with Gasteiger partial charge in [-0.1, -0.05) is 17.7 Å². The molecule has 2 aliphatic heterocycles. The molecule has 2 fully saturated rings. The smallest absolute Gasteiger partial charge is 0.134 e. The standard InChI is InChI=1S/C25H32F2N2O4/c1-19-2-4-22(5-3-19)29-8-6-24(30,7-9-29)15-28-10-11-32-17-25(31,16-28)18-33-23-13-20(26)12-21(27)14-23/h2-5,12-14,30-31H,6-11,15-18H2,1H3/t25-/m0/s1. The molecule has 0 aromatic heterocycles. The van der Waals surface area contributed by atoms with Crippen molar-refractivity contribution in [2.45, 2.75) is 31.0 Å². The molecule has 2 N–H and O–H groups in total. The summed E-state index contributed by atoms with van der Waals surface area (Å²) in [5.41, 5.74) is 0.151. The quantitative estimate of drug-likeness (QED) is 0.689. The summed E-state index contributed by atoms with van der Waals surface area (Å²) in [6.07, 6.45) is 1.24. The number of hydrogen-bond donors (Lipinski definition) is 2. The third-order valence-corrected chi connectivity index (χ3v) is 6.40. The Morgan fingerprint density at radius 1 is 0.970 bits per heavy atom. The SMILES string of the molecule is Cc1ccc(N2CCC(O)(CN3CCOC[C@](O)(COc4cc(F)cc(F)c4)C3)CC2)cc1. The molecule has 0 aliphatic carbocycles. The van der Waals surface area contributed by atoms with Gasteiger partial charge in [0, 0.05) is 56.6 Å². The predicted octanol–water partition coefficient (Wildman–Crippen LogP) is 2.75. The first-order valence-corrected chi connectivity index (χ1v) is 11.4. The van der Waals surface area contributed by atoms with Crippen molar-refractivity contribution in [3.05, 3.63) is 59.7 Å². The van der Waals surface area contributed by atoms with E-state index in [1.54, 1.807) is 0 Å². The first-order chi connectivity index (χ1) is 15.7. The van der Waals surface area contributed by atoms with Gasteiger partial charge in [0.25, 0.3) is 0 Å². The van der Waals surface area contributed by atoms with Gasteiger partial charge >= 0.3 is 0 Å². The molecule has 180 valence electrons. The number of rotatable bonds is 6. The summed E-state index contributed by atoms with van der Waals surface area (Å²) in [4.78, 5) is 4.27. The van der Waals surface area contributed by atoms with E-state index in [0.29, 0.717) is 32.5 Å². The molecule has 0 saturated carbocycles. The first kappa shape index (κ1) is 23.9. The van der Waals surface area contributed by atoms with E-state index in [-0.39, 0.29) is 25.5 Å². The molecule has 2 aromatic rings. The number of anilines is 1.